The van der Waals surface area contributed by atoms with Crippen LogP contribution in [0.2, 0.25) is 0 Å². The highest BCUT2D eigenvalue weighted by molar-refractivity contribution is 6.04. The zero-order valence-electron chi connectivity index (χ0n) is 15.3. The van der Waals surface area contributed by atoms with Crippen molar-refractivity contribution >= 4 is 16.7 Å². The third-order valence-corrected chi connectivity index (χ3v) is 4.27. The van der Waals surface area contributed by atoms with Crippen LogP contribution in [-0.2, 0) is 6.54 Å². The lowest BCUT2D eigenvalue weighted by molar-refractivity contribution is 0.0934. The number of aromatic nitrogens is 2. The molecule has 26 heavy (non-hydrogen) atoms. The Hall–Kier alpha value is -2.95. The minimum atomic E-state index is -0.282. The zero-order valence-corrected chi connectivity index (χ0v) is 15.3. The van der Waals surface area contributed by atoms with Crippen molar-refractivity contribution < 1.29 is 4.79 Å². The molecule has 5 nitrogen and oxygen atoms in total. The van der Waals surface area contributed by atoms with Gasteiger partial charge in [-0.05, 0) is 24.5 Å². The summed E-state index contributed by atoms with van der Waals surface area (Å²) in [5, 5.41) is 8.46. The Balaban J connectivity index is 2.01. The monoisotopic (exact) mass is 349 g/mol. The van der Waals surface area contributed by atoms with Crippen molar-refractivity contribution in [2.24, 2.45) is 5.92 Å². The summed E-state index contributed by atoms with van der Waals surface area (Å²) in [6.07, 6.45) is 0. The number of nitrogens with zero attached hydrogens (tertiary/aromatic N) is 2. The van der Waals surface area contributed by atoms with Gasteiger partial charge in [0.1, 0.15) is 0 Å². The highest BCUT2D eigenvalue weighted by atomic mass is 16.2. The predicted octanol–water partition coefficient (Wildman–Crippen LogP) is 3.54. The van der Waals surface area contributed by atoms with Gasteiger partial charge in [-0.2, -0.15) is 5.10 Å². The Kier molecular flexibility index (Phi) is 5.16. The highest BCUT2D eigenvalue weighted by Gasteiger charge is 2.19. The molecular formula is C21H23N3O2. The molecule has 1 aromatic heterocycles. The van der Waals surface area contributed by atoms with Crippen LogP contribution in [0.25, 0.3) is 10.8 Å². The van der Waals surface area contributed by atoms with Crippen molar-refractivity contribution in [1.29, 1.82) is 0 Å². The van der Waals surface area contributed by atoms with E-state index in [-0.39, 0.29) is 29.1 Å². The number of nitrogens with one attached hydrogen (secondary N) is 1. The first-order valence-electron chi connectivity index (χ1n) is 8.83. The molecule has 0 bridgehead atoms. The van der Waals surface area contributed by atoms with Crippen LogP contribution in [0.4, 0.5) is 0 Å². The van der Waals surface area contributed by atoms with Crippen molar-refractivity contribution in [3.05, 3.63) is 76.2 Å². The number of fused-ring (bicyclic) bond motifs is 1. The molecule has 1 amide bonds. The number of benzene rings is 2. The van der Waals surface area contributed by atoms with Gasteiger partial charge >= 0.3 is 0 Å². The van der Waals surface area contributed by atoms with Crippen LogP contribution >= 0.6 is 0 Å². The minimum absolute atomic E-state index is 0.158. The number of hydrogen-bond donors (Lipinski definition) is 1. The fraction of sp³-hybridized carbons (Fsp3) is 0.286. The van der Waals surface area contributed by atoms with Gasteiger partial charge in [0.05, 0.1) is 11.4 Å². The van der Waals surface area contributed by atoms with Crippen LogP contribution in [0.1, 0.15) is 42.9 Å². The number of carbonyl (C=O) groups excluding carboxylic acids is 1. The summed E-state index contributed by atoms with van der Waals surface area (Å²) in [6.45, 7) is 6.43. The summed E-state index contributed by atoms with van der Waals surface area (Å²) in [5.41, 5.74) is 1.13. The van der Waals surface area contributed by atoms with Crippen LogP contribution < -0.4 is 10.9 Å². The lowest BCUT2D eigenvalue weighted by atomic mass is 10.1. The second-order valence-electron chi connectivity index (χ2n) is 6.88. The second-order valence-corrected chi connectivity index (χ2v) is 6.88. The fourth-order valence-electron chi connectivity index (χ4n) is 2.96. The summed E-state index contributed by atoms with van der Waals surface area (Å²) in [7, 11) is 0. The van der Waals surface area contributed by atoms with Gasteiger partial charge in [0.2, 0.25) is 0 Å². The molecule has 2 aromatic carbocycles. The van der Waals surface area contributed by atoms with Gasteiger partial charge in [-0.1, -0.05) is 62.4 Å². The Morgan fingerprint density at radius 2 is 1.62 bits per heavy atom. The highest BCUT2D eigenvalue weighted by Crippen LogP contribution is 2.16. The molecule has 0 spiro atoms. The average molecular weight is 349 g/mol. The van der Waals surface area contributed by atoms with Gasteiger partial charge in [-0.3, -0.25) is 9.59 Å². The van der Waals surface area contributed by atoms with Crippen molar-refractivity contribution in [2.45, 2.75) is 33.4 Å². The van der Waals surface area contributed by atoms with Crippen LogP contribution in [0.5, 0.6) is 0 Å². The molecule has 0 saturated carbocycles. The molecule has 5 heteroatoms. The van der Waals surface area contributed by atoms with Crippen molar-refractivity contribution in [3.63, 3.8) is 0 Å². The van der Waals surface area contributed by atoms with E-state index in [1.165, 1.54) is 4.68 Å². The first-order chi connectivity index (χ1) is 12.5. The average Bonchev–Trinajstić information content (AvgIpc) is 2.64. The van der Waals surface area contributed by atoms with E-state index in [9.17, 15) is 9.59 Å². The van der Waals surface area contributed by atoms with Gasteiger partial charge in [0, 0.05) is 11.9 Å². The van der Waals surface area contributed by atoms with E-state index in [1.54, 1.807) is 18.2 Å². The molecule has 1 N–H and O–H groups in total. The zero-order chi connectivity index (χ0) is 18.7. The molecule has 3 aromatic rings. The predicted molar refractivity (Wildman–Crippen MR) is 103 cm³/mol. The van der Waals surface area contributed by atoms with Gasteiger partial charge in [-0.25, -0.2) is 4.68 Å². The second kappa shape index (κ2) is 7.52. The molecule has 0 unspecified atom stereocenters. The maximum Gasteiger partial charge on any atom is 0.274 e. The van der Waals surface area contributed by atoms with Gasteiger partial charge in [0.25, 0.3) is 11.5 Å². The van der Waals surface area contributed by atoms with E-state index < -0.39 is 0 Å². The molecule has 0 radical (unpaired) electrons. The summed E-state index contributed by atoms with van der Waals surface area (Å²) >= 11 is 0. The van der Waals surface area contributed by atoms with Gasteiger partial charge in [0.15, 0.2) is 5.69 Å². The molecule has 0 fully saturated rings. The molecule has 0 aliphatic carbocycles. The number of carbonyl (C=O) groups is 1. The topological polar surface area (TPSA) is 64.0 Å². The van der Waals surface area contributed by atoms with Crippen LogP contribution in [0, 0.1) is 5.92 Å². The molecule has 1 atom stereocenters. The molecule has 134 valence electrons. The summed E-state index contributed by atoms with van der Waals surface area (Å²) in [4.78, 5) is 25.6. The Labute approximate surface area is 152 Å². The first kappa shape index (κ1) is 17.9. The standard InChI is InChI=1S/C21H23N3O2/c1-14(2)13-24-21(26)18-12-8-7-11-17(18)19(23-24)20(25)22-15(3)16-9-5-4-6-10-16/h4-12,14-15H,13H2,1-3H3,(H,22,25)/t15-/m0/s1. The number of hydrogen-bond acceptors (Lipinski definition) is 3. The third-order valence-electron chi connectivity index (χ3n) is 4.27. The Morgan fingerprint density at radius 3 is 2.27 bits per heavy atom. The first-order valence-corrected chi connectivity index (χ1v) is 8.83. The van der Waals surface area contributed by atoms with Gasteiger partial charge < -0.3 is 5.32 Å². The lowest BCUT2D eigenvalue weighted by Crippen LogP contribution is -2.32. The van der Waals surface area contributed by atoms with Crippen molar-refractivity contribution in [1.82, 2.24) is 15.1 Å². The maximum absolute atomic E-state index is 12.9. The lowest BCUT2D eigenvalue weighted by Gasteiger charge is -2.16. The summed E-state index contributed by atoms with van der Waals surface area (Å²) in [5.74, 6) is -0.0319. The molecule has 0 aliphatic heterocycles. The van der Waals surface area contributed by atoms with Crippen LogP contribution in [0.3, 0.4) is 0 Å². The van der Waals surface area contributed by atoms with Gasteiger partial charge in [-0.15, -0.1) is 0 Å². The molecular weight excluding hydrogens is 326 g/mol. The Morgan fingerprint density at radius 1 is 1.00 bits per heavy atom. The number of amides is 1. The maximum atomic E-state index is 12.9. The summed E-state index contributed by atoms with van der Waals surface area (Å²) < 4.78 is 1.40. The smallest absolute Gasteiger partial charge is 0.274 e. The molecule has 0 aliphatic rings. The SMILES string of the molecule is CC(C)Cn1nc(C(=O)N[C@@H](C)c2ccccc2)c2ccccc2c1=O. The normalized spacial score (nSPS) is 12.3. The quantitative estimate of drug-likeness (QED) is 0.766. The largest absolute Gasteiger partial charge is 0.344 e. The van der Waals surface area contributed by atoms with E-state index >= 15 is 0 Å². The third kappa shape index (κ3) is 3.67. The molecule has 3 rings (SSSR count). The fourth-order valence-corrected chi connectivity index (χ4v) is 2.96. The van der Waals surface area contributed by atoms with Crippen molar-refractivity contribution in [2.75, 3.05) is 0 Å². The van der Waals surface area contributed by atoms with E-state index in [4.69, 9.17) is 0 Å². The molecule has 1 heterocycles. The minimum Gasteiger partial charge on any atom is -0.344 e. The van der Waals surface area contributed by atoms with E-state index in [0.29, 0.717) is 17.3 Å². The summed E-state index contributed by atoms with van der Waals surface area (Å²) in [6, 6.07) is 16.7. The van der Waals surface area contributed by atoms with E-state index in [2.05, 4.69) is 10.4 Å². The number of rotatable bonds is 5. The molecule has 0 saturated heterocycles. The van der Waals surface area contributed by atoms with Crippen LogP contribution in [-0.4, -0.2) is 15.7 Å². The van der Waals surface area contributed by atoms with E-state index in [0.717, 1.165) is 5.56 Å². The Bertz CT molecular complexity index is 977. The van der Waals surface area contributed by atoms with E-state index in [1.807, 2.05) is 57.2 Å². The van der Waals surface area contributed by atoms with Crippen LogP contribution in [0.15, 0.2) is 59.4 Å². The van der Waals surface area contributed by atoms with Crippen molar-refractivity contribution in [3.8, 4) is 0 Å².